The summed E-state index contributed by atoms with van der Waals surface area (Å²) in [6, 6.07) is 0. The second-order valence-electron chi connectivity index (χ2n) is 11.5. The highest BCUT2D eigenvalue weighted by atomic mass is 32.2. The van der Waals surface area contributed by atoms with Crippen molar-refractivity contribution in [1.82, 2.24) is 0 Å². The third kappa shape index (κ3) is 6.21. The largest absolute Gasteiger partial charge is 0.402 e. The average molecular weight is 448 g/mol. The van der Waals surface area contributed by atoms with Crippen LogP contribution in [-0.4, -0.2) is 16.8 Å². The van der Waals surface area contributed by atoms with E-state index in [2.05, 4.69) is 65.5 Å². The third-order valence-corrected chi connectivity index (χ3v) is 10.5. The van der Waals surface area contributed by atoms with Gasteiger partial charge >= 0.3 is 0 Å². The van der Waals surface area contributed by atoms with E-state index in [1.54, 1.807) is 6.92 Å². The molecule has 0 bridgehead atoms. The molecule has 0 aromatic heterocycles. The van der Waals surface area contributed by atoms with E-state index in [0.29, 0.717) is 27.8 Å². The number of rotatable bonds is 12. The van der Waals surface area contributed by atoms with Crippen molar-refractivity contribution < 1.29 is 4.79 Å². The highest BCUT2D eigenvalue weighted by molar-refractivity contribution is 8.00. The quantitative estimate of drug-likeness (QED) is 0.243. The molecule has 178 valence electrons. The van der Waals surface area contributed by atoms with Crippen molar-refractivity contribution in [2.45, 2.75) is 118 Å². The maximum absolute atomic E-state index is 11.4. The van der Waals surface area contributed by atoms with Crippen LogP contribution in [0, 0.1) is 22.2 Å². The van der Waals surface area contributed by atoms with Crippen molar-refractivity contribution in [3.05, 3.63) is 23.4 Å². The molecule has 31 heavy (non-hydrogen) atoms. The molecule has 2 N–H and O–H groups in total. The topological polar surface area (TPSA) is 43.1 Å². The van der Waals surface area contributed by atoms with Crippen LogP contribution in [0.3, 0.4) is 0 Å². The van der Waals surface area contributed by atoms with Crippen molar-refractivity contribution in [3.63, 3.8) is 0 Å². The van der Waals surface area contributed by atoms with E-state index in [1.165, 1.54) is 56.3 Å². The normalized spacial score (nSPS) is 29.9. The van der Waals surface area contributed by atoms with Crippen LogP contribution in [-0.2, 0) is 4.79 Å². The number of unbranched alkanes of at least 4 members (excludes halogenated alkanes) is 1. The summed E-state index contributed by atoms with van der Waals surface area (Å²) < 4.78 is 0. The lowest BCUT2D eigenvalue weighted by Crippen LogP contribution is -2.44. The zero-order chi connectivity index (χ0) is 23.3. The summed E-state index contributed by atoms with van der Waals surface area (Å²) in [7, 11) is 0. The molecule has 2 rings (SSSR count). The lowest BCUT2D eigenvalue weighted by atomic mass is 9.55. The summed E-state index contributed by atoms with van der Waals surface area (Å²) in [6.07, 6.45) is 16.5. The van der Waals surface area contributed by atoms with Gasteiger partial charge in [0.25, 0.3) is 0 Å². The molecule has 0 spiro atoms. The first-order chi connectivity index (χ1) is 14.5. The predicted octanol–water partition coefficient (Wildman–Crippen LogP) is 8.07. The molecule has 0 aromatic rings. The van der Waals surface area contributed by atoms with Gasteiger partial charge in [0.2, 0.25) is 0 Å². The number of allylic oxidation sites excluding steroid dienone is 3. The monoisotopic (exact) mass is 447 g/mol. The number of nitrogens with two attached hydrogens (primary N) is 1. The SMILES string of the molecule is CCC(C)(C)CC1(/C=C/C(C)C(N)=C2CCC2)[C@H](CCCCC(C)=O)SCC1(C)CC. The lowest BCUT2D eigenvalue weighted by molar-refractivity contribution is -0.117. The Morgan fingerprint density at radius 3 is 2.48 bits per heavy atom. The number of ketones is 1. The first-order valence-corrected chi connectivity index (χ1v) is 13.8. The van der Waals surface area contributed by atoms with Gasteiger partial charge in [0.1, 0.15) is 5.78 Å². The molecule has 3 heteroatoms. The Hall–Kier alpha value is -0.700. The first kappa shape index (κ1) is 26.6. The van der Waals surface area contributed by atoms with Crippen LogP contribution >= 0.6 is 11.8 Å². The summed E-state index contributed by atoms with van der Waals surface area (Å²) in [6.45, 7) is 16.1. The van der Waals surface area contributed by atoms with Gasteiger partial charge in [-0.2, -0.15) is 11.8 Å². The molecule has 4 atom stereocenters. The Bertz CT molecular complexity index is 672. The molecule has 1 aliphatic carbocycles. The Balaban J connectivity index is 2.36. The van der Waals surface area contributed by atoms with Crippen LogP contribution in [0.15, 0.2) is 23.4 Å². The minimum absolute atomic E-state index is 0.182. The van der Waals surface area contributed by atoms with Gasteiger partial charge in [-0.05, 0) is 68.5 Å². The fourth-order valence-corrected chi connectivity index (χ4v) is 7.55. The molecule has 2 nitrogen and oxygen atoms in total. The summed E-state index contributed by atoms with van der Waals surface area (Å²) in [5, 5.41) is 0.622. The van der Waals surface area contributed by atoms with Crippen molar-refractivity contribution >= 4 is 17.5 Å². The minimum Gasteiger partial charge on any atom is -0.402 e. The number of Topliss-reactive ketones (excluding diaryl/α,β-unsaturated/α-hetero) is 1. The number of thioether (sulfide) groups is 1. The van der Waals surface area contributed by atoms with Crippen LogP contribution in [0.4, 0.5) is 0 Å². The summed E-state index contributed by atoms with van der Waals surface area (Å²) in [5.74, 6) is 1.88. The molecule has 1 heterocycles. The standard InChI is InChI=1S/C28H49NOS/c1-8-26(5,6)19-28(18-17-21(3)25(29)23-14-12-15-23)24(16-11-10-13-22(4)30)31-20-27(28,7)9-2/h17-18,21,24H,8-16,19-20,29H2,1-7H3/b18-17+/t21?,24-,27?,28?/m0/s1. The van der Waals surface area contributed by atoms with Crippen molar-refractivity contribution in [2.75, 3.05) is 5.75 Å². The molecule has 0 radical (unpaired) electrons. The van der Waals surface area contributed by atoms with Crippen molar-refractivity contribution in [2.24, 2.45) is 27.9 Å². The highest BCUT2D eigenvalue weighted by Crippen LogP contribution is 2.63. The summed E-state index contributed by atoms with van der Waals surface area (Å²) in [4.78, 5) is 11.4. The van der Waals surface area contributed by atoms with Gasteiger partial charge in [-0.15, -0.1) is 0 Å². The molecule has 3 unspecified atom stereocenters. The van der Waals surface area contributed by atoms with Crippen LogP contribution in [0.25, 0.3) is 0 Å². The van der Waals surface area contributed by atoms with E-state index in [0.717, 1.165) is 25.0 Å². The molecular formula is C28H49NOS. The number of hydrogen-bond acceptors (Lipinski definition) is 3. The number of carbonyl (C=O) groups is 1. The number of carbonyl (C=O) groups excluding carboxylic acids is 1. The van der Waals surface area contributed by atoms with E-state index in [4.69, 9.17) is 5.73 Å². The molecule has 2 aliphatic rings. The van der Waals surface area contributed by atoms with Gasteiger partial charge in [-0.25, -0.2) is 0 Å². The predicted molar refractivity (Wildman–Crippen MR) is 138 cm³/mol. The Labute approximate surface area is 197 Å². The van der Waals surface area contributed by atoms with Crippen molar-refractivity contribution in [3.8, 4) is 0 Å². The Morgan fingerprint density at radius 2 is 1.97 bits per heavy atom. The second kappa shape index (κ2) is 10.9. The summed E-state index contributed by atoms with van der Waals surface area (Å²) in [5.41, 5.74) is 9.95. The average Bonchev–Trinajstić information content (AvgIpc) is 2.94. The summed E-state index contributed by atoms with van der Waals surface area (Å²) >= 11 is 2.19. The lowest BCUT2D eigenvalue weighted by Gasteiger charge is -2.49. The Morgan fingerprint density at radius 1 is 1.29 bits per heavy atom. The highest BCUT2D eigenvalue weighted by Gasteiger charge is 2.56. The molecule has 2 fully saturated rings. The molecule has 0 amide bonds. The smallest absolute Gasteiger partial charge is 0.129 e. The van der Waals surface area contributed by atoms with E-state index in [9.17, 15) is 4.79 Å². The van der Waals surface area contributed by atoms with Gasteiger partial charge in [-0.1, -0.05) is 72.1 Å². The van der Waals surface area contributed by atoms with Crippen LogP contribution < -0.4 is 5.73 Å². The molecule has 0 aromatic carbocycles. The van der Waals surface area contributed by atoms with E-state index in [-0.39, 0.29) is 5.41 Å². The van der Waals surface area contributed by atoms with E-state index >= 15 is 0 Å². The van der Waals surface area contributed by atoms with Crippen LogP contribution in [0.2, 0.25) is 0 Å². The Kier molecular flexibility index (Phi) is 9.38. The van der Waals surface area contributed by atoms with E-state index in [1.807, 2.05) is 0 Å². The fraction of sp³-hybridized carbons (Fsp3) is 0.821. The third-order valence-electron chi connectivity index (χ3n) is 8.59. The fourth-order valence-electron chi connectivity index (χ4n) is 5.43. The maximum Gasteiger partial charge on any atom is 0.129 e. The van der Waals surface area contributed by atoms with Gasteiger partial charge in [0.05, 0.1) is 0 Å². The number of hydrogen-bond donors (Lipinski definition) is 1. The zero-order valence-electron chi connectivity index (χ0n) is 21.5. The van der Waals surface area contributed by atoms with Gasteiger partial charge < -0.3 is 10.5 Å². The van der Waals surface area contributed by atoms with Gasteiger partial charge in [0.15, 0.2) is 0 Å². The van der Waals surface area contributed by atoms with Crippen LogP contribution in [0.1, 0.15) is 113 Å². The molecule has 1 saturated carbocycles. The minimum atomic E-state index is 0.182. The van der Waals surface area contributed by atoms with Crippen molar-refractivity contribution in [1.29, 1.82) is 0 Å². The zero-order valence-corrected chi connectivity index (χ0v) is 22.3. The maximum atomic E-state index is 11.4. The first-order valence-electron chi connectivity index (χ1n) is 12.8. The molecule has 1 aliphatic heterocycles. The van der Waals surface area contributed by atoms with Gasteiger partial charge in [0, 0.05) is 28.7 Å². The van der Waals surface area contributed by atoms with Crippen LogP contribution in [0.5, 0.6) is 0 Å². The second-order valence-corrected chi connectivity index (χ2v) is 12.6. The van der Waals surface area contributed by atoms with Gasteiger partial charge in [-0.3, -0.25) is 0 Å². The molecule has 1 saturated heterocycles. The molecular weight excluding hydrogens is 398 g/mol. The van der Waals surface area contributed by atoms with E-state index < -0.39 is 0 Å².